The van der Waals surface area contributed by atoms with Gasteiger partial charge in [-0.25, -0.2) is 0 Å². The number of oxime groups is 1. The van der Waals surface area contributed by atoms with Crippen LogP contribution in [0.1, 0.15) is 12.7 Å². The number of thioether (sulfide) groups is 2. The molecule has 0 saturated carbocycles. The predicted octanol–water partition coefficient (Wildman–Crippen LogP) is -2.96. The van der Waals surface area contributed by atoms with Crippen LogP contribution < -0.4 is 32.4 Å². The van der Waals surface area contributed by atoms with E-state index in [1.54, 1.807) is 6.92 Å². The fourth-order valence-electron chi connectivity index (χ4n) is 3.32. The molecule has 0 bridgehead atoms. The maximum absolute atomic E-state index is 12.9. The van der Waals surface area contributed by atoms with Gasteiger partial charge in [0.05, 0.1) is 11.7 Å². The highest BCUT2D eigenvalue weighted by atomic mass is 32.2. The molecular weight excluding hydrogens is 532 g/mol. The summed E-state index contributed by atoms with van der Waals surface area (Å²) in [6.07, 6.45) is 1.52. The van der Waals surface area contributed by atoms with Crippen LogP contribution in [-0.2, 0) is 19.2 Å². The van der Waals surface area contributed by atoms with Gasteiger partial charge >= 0.3 is 5.16 Å². The molecule has 0 spiro atoms. The molecule has 0 aliphatic carbocycles. The van der Waals surface area contributed by atoms with E-state index in [9.17, 15) is 19.5 Å². The van der Waals surface area contributed by atoms with Crippen LogP contribution in [0.25, 0.3) is 0 Å². The second kappa shape index (κ2) is 10.5. The summed E-state index contributed by atoms with van der Waals surface area (Å²) in [5, 5.41) is 18.1. The molecule has 7 N–H and O–H groups in total. The number of carboxylic acids is 1. The van der Waals surface area contributed by atoms with Crippen molar-refractivity contribution in [2.45, 2.75) is 23.5 Å². The molecule has 0 radical (unpaired) electrons. The highest BCUT2D eigenvalue weighted by Crippen LogP contribution is 2.41. The zero-order valence-corrected chi connectivity index (χ0v) is 21.1. The second-order valence-electron chi connectivity index (χ2n) is 7.25. The lowest BCUT2D eigenvalue weighted by molar-refractivity contribution is -0.682. The molecule has 2 aliphatic heterocycles. The van der Waals surface area contributed by atoms with E-state index >= 15 is 0 Å². The average Bonchev–Trinajstić information content (AvgIpc) is 3.28. The van der Waals surface area contributed by atoms with Gasteiger partial charge in [-0.2, -0.15) is 9.36 Å². The number of carbonyl (C=O) groups excluding carboxylic acids is 3. The number of aliphatic carboxylic acids is 1. The van der Waals surface area contributed by atoms with Gasteiger partial charge in [0.1, 0.15) is 24.2 Å². The number of β-lactam (4-membered cyclic amide) rings is 1. The molecule has 15 nitrogen and oxygen atoms in total. The van der Waals surface area contributed by atoms with E-state index < -0.39 is 29.2 Å². The molecule has 2 aromatic heterocycles. The predicted molar refractivity (Wildman–Crippen MR) is 129 cm³/mol. The number of carbonyl (C=O) groups is 3. The Morgan fingerprint density at radius 3 is 2.86 bits per heavy atom. The number of nitrogens with two attached hydrogens (primary N) is 3. The third-order valence-electron chi connectivity index (χ3n) is 4.91. The van der Waals surface area contributed by atoms with Crippen molar-refractivity contribution in [3.05, 3.63) is 29.4 Å². The highest BCUT2D eigenvalue weighted by Gasteiger charge is 2.53. The maximum Gasteiger partial charge on any atom is 0.384 e. The fraction of sp³-hybridized carbons (Fsp3) is 0.333. The minimum atomic E-state index is -1.50. The first kappa shape index (κ1) is 25.5. The number of amides is 2. The van der Waals surface area contributed by atoms with E-state index in [-0.39, 0.29) is 46.3 Å². The molecule has 1 unspecified atom stereocenters. The standard InChI is InChI=1S/C18H20N10O5S3/c1-2-33-25-9(12-24-17(20)36-26-12)13(29)23-10-14(30)28-11(16(31)32)7(5-34-15(10)28)6-35-18-22-8(19)3-4-27(18)21/h3-4,10,15,19H,2,5-6,21H2,1H3,(H4,20,23,24,26,29,31,32)/b25-9-/t10?,15-/m1/s1. The topological polar surface area (TPSA) is 232 Å². The number of carboxylic acid groups (broad SMARTS) is 1. The molecule has 1 fully saturated rings. The van der Waals surface area contributed by atoms with E-state index in [0.29, 0.717) is 10.7 Å². The number of rotatable bonds is 9. The summed E-state index contributed by atoms with van der Waals surface area (Å²) in [6, 6.07) is 0.518. The van der Waals surface area contributed by atoms with Gasteiger partial charge in [0.25, 0.3) is 11.8 Å². The molecule has 2 amide bonds. The third kappa shape index (κ3) is 5.00. The normalized spacial score (nSPS) is 19.5. The van der Waals surface area contributed by atoms with E-state index in [4.69, 9.17) is 22.1 Å². The Kier molecular flexibility index (Phi) is 7.45. The highest BCUT2D eigenvalue weighted by molar-refractivity contribution is 8.01. The maximum atomic E-state index is 12.9. The Morgan fingerprint density at radius 1 is 1.42 bits per heavy atom. The summed E-state index contributed by atoms with van der Waals surface area (Å²) >= 11 is 3.33. The number of hydrogen-bond donors (Lipinski definition) is 4. The van der Waals surface area contributed by atoms with E-state index in [1.165, 1.54) is 28.7 Å². The van der Waals surface area contributed by atoms with Crippen molar-refractivity contribution in [3.8, 4) is 0 Å². The SMILES string of the molecule is CCO/N=C(\C(=O)NC1C(=O)N2C(C(=O)[O-])=C(CSc3nc(N)cc[n+]3N)CS[C@H]12)c1nsc(N)n1. The monoisotopic (exact) mass is 552 g/mol. The van der Waals surface area contributed by atoms with Crippen LogP contribution in [0.15, 0.2) is 33.8 Å². The van der Waals surface area contributed by atoms with Crippen molar-refractivity contribution in [3.63, 3.8) is 0 Å². The Labute approximate surface area is 216 Å². The van der Waals surface area contributed by atoms with Crippen LogP contribution in [0.4, 0.5) is 10.9 Å². The van der Waals surface area contributed by atoms with Crippen LogP contribution in [-0.4, -0.2) is 72.3 Å². The molecule has 1 saturated heterocycles. The molecule has 2 aromatic rings. The Morgan fingerprint density at radius 2 is 2.19 bits per heavy atom. The van der Waals surface area contributed by atoms with Crippen LogP contribution >= 0.6 is 35.1 Å². The Hall–Kier alpha value is -3.64. The second-order valence-corrected chi connectivity index (χ2v) is 10.1. The number of hydrogen-bond acceptors (Lipinski definition) is 15. The minimum Gasteiger partial charge on any atom is -0.543 e. The lowest BCUT2D eigenvalue weighted by atomic mass is 10.0. The van der Waals surface area contributed by atoms with Gasteiger partial charge in [-0.05, 0) is 29.2 Å². The molecule has 190 valence electrons. The third-order valence-corrected chi connectivity index (χ3v) is 7.84. The number of nitrogens with zero attached hydrogens (tertiary/aromatic N) is 6. The van der Waals surface area contributed by atoms with Crippen molar-refractivity contribution >= 4 is 69.5 Å². The number of anilines is 2. The Bertz CT molecular complexity index is 1280. The van der Waals surface area contributed by atoms with E-state index in [0.717, 1.165) is 28.2 Å². The first-order valence-corrected chi connectivity index (χ1v) is 13.1. The van der Waals surface area contributed by atoms with Gasteiger partial charge < -0.3 is 31.5 Å². The summed E-state index contributed by atoms with van der Waals surface area (Å²) in [6.45, 7) is 1.86. The quantitative estimate of drug-likeness (QED) is 0.0463. The van der Waals surface area contributed by atoms with Gasteiger partial charge in [-0.1, -0.05) is 5.16 Å². The fourth-order valence-corrected chi connectivity index (χ4v) is 6.15. The molecule has 36 heavy (non-hydrogen) atoms. The van der Waals surface area contributed by atoms with Gasteiger partial charge in [-0.15, -0.1) is 16.4 Å². The van der Waals surface area contributed by atoms with E-state index in [1.807, 2.05) is 0 Å². The van der Waals surface area contributed by atoms with Gasteiger partial charge in [-0.3, -0.25) is 20.3 Å². The van der Waals surface area contributed by atoms with Gasteiger partial charge in [0.2, 0.25) is 17.4 Å². The zero-order chi connectivity index (χ0) is 26.0. The molecule has 18 heteroatoms. The van der Waals surface area contributed by atoms with Gasteiger partial charge in [0.15, 0.2) is 5.13 Å². The van der Waals surface area contributed by atoms with Crippen molar-refractivity contribution in [1.29, 1.82) is 0 Å². The molecule has 2 atom stereocenters. The molecule has 4 heterocycles. The summed E-state index contributed by atoms with van der Waals surface area (Å²) in [5.74, 6) is 3.61. The van der Waals surface area contributed by atoms with Crippen LogP contribution in [0.3, 0.4) is 0 Å². The largest absolute Gasteiger partial charge is 0.543 e. The minimum absolute atomic E-state index is 0.0506. The van der Waals surface area contributed by atoms with Crippen molar-refractivity contribution in [2.24, 2.45) is 5.16 Å². The lowest BCUT2D eigenvalue weighted by Gasteiger charge is -2.50. The molecule has 2 aliphatic rings. The zero-order valence-electron chi connectivity index (χ0n) is 18.6. The first-order chi connectivity index (χ1) is 17.2. The number of nitrogens with one attached hydrogen (secondary N) is 1. The van der Waals surface area contributed by atoms with Crippen LogP contribution in [0.5, 0.6) is 0 Å². The van der Waals surface area contributed by atoms with Crippen molar-refractivity contribution in [2.75, 3.05) is 35.4 Å². The summed E-state index contributed by atoms with van der Waals surface area (Å²) in [4.78, 5) is 51.9. The van der Waals surface area contributed by atoms with Crippen molar-refractivity contribution < 1.29 is 29.0 Å². The number of fused-ring (bicyclic) bond motifs is 1. The first-order valence-electron chi connectivity index (χ1n) is 10.3. The van der Waals surface area contributed by atoms with Crippen LogP contribution in [0, 0.1) is 0 Å². The smallest absolute Gasteiger partial charge is 0.384 e. The van der Waals surface area contributed by atoms with Gasteiger partial charge in [0, 0.05) is 29.1 Å². The van der Waals surface area contributed by atoms with Crippen molar-refractivity contribution in [1.82, 2.24) is 24.6 Å². The lowest BCUT2D eigenvalue weighted by Crippen LogP contribution is -2.71. The summed E-state index contributed by atoms with van der Waals surface area (Å²) in [7, 11) is 0. The number of nitrogen functional groups attached to an aromatic ring is 3. The summed E-state index contributed by atoms with van der Waals surface area (Å²) in [5.41, 5.74) is 11.2. The molecule has 0 aromatic carbocycles. The van der Waals surface area contributed by atoms with E-state index in [2.05, 4.69) is 24.8 Å². The average molecular weight is 553 g/mol. The summed E-state index contributed by atoms with van der Waals surface area (Å²) < 4.78 is 5.21. The molecule has 4 rings (SSSR count). The molecular formula is C18H20N10O5S3. The number of aromatic nitrogens is 4. The Balaban J connectivity index is 1.50. The van der Waals surface area contributed by atoms with Crippen LogP contribution in [0.2, 0.25) is 0 Å².